The highest BCUT2D eigenvalue weighted by Crippen LogP contribution is 2.16. The number of methoxy groups -OCH3 is 1. The van der Waals surface area contributed by atoms with Crippen molar-refractivity contribution < 1.29 is 14.3 Å². The second-order valence-corrected chi connectivity index (χ2v) is 5.17. The molecule has 0 spiro atoms. The third-order valence-electron chi connectivity index (χ3n) is 3.51. The molecule has 2 aromatic carbocycles. The lowest BCUT2D eigenvalue weighted by Crippen LogP contribution is -2.41. The van der Waals surface area contributed by atoms with Gasteiger partial charge in [0.2, 0.25) is 0 Å². The Morgan fingerprint density at radius 2 is 1.72 bits per heavy atom. The van der Waals surface area contributed by atoms with Gasteiger partial charge < -0.3 is 4.74 Å². The molecule has 0 fully saturated rings. The second-order valence-electron chi connectivity index (χ2n) is 5.17. The number of hydrazine groups is 1. The monoisotopic (exact) mass is 336 g/mol. The minimum absolute atomic E-state index is 0.241. The minimum atomic E-state index is -0.495. The van der Waals surface area contributed by atoms with E-state index in [2.05, 4.69) is 21.0 Å². The molecule has 2 amide bonds. The molecule has 3 N–H and O–H groups in total. The van der Waals surface area contributed by atoms with E-state index in [9.17, 15) is 9.59 Å². The largest absolute Gasteiger partial charge is 0.497 e. The number of hydrogen-bond donors (Lipinski definition) is 3. The number of rotatable bonds is 4. The van der Waals surface area contributed by atoms with Gasteiger partial charge in [-0.2, -0.15) is 5.10 Å². The first-order chi connectivity index (χ1) is 12.2. The van der Waals surface area contributed by atoms with Crippen molar-refractivity contribution in [1.82, 2.24) is 21.0 Å². The number of aromatic amines is 1. The first kappa shape index (κ1) is 16.3. The summed E-state index contributed by atoms with van der Waals surface area (Å²) in [5.41, 5.74) is 6.85. The molecule has 3 aromatic rings. The lowest BCUT2D eigenvalue weighted by atomic mass is 10.1. The van der Waals surface area contributed by atoms with E-state index < -0.39 is 11.8 Å². The van der Waals surface area contributed by atoms with Crippen LogP contribution in [0.15, 0.2) is 60.7 Å². The van der Waals surface area contributed by atoms with Gasteiger partial charge in [-0.05, 0) is 24.3 Å². The number of H-pyrrole nitrogens is 1. The molecule has 0 saturated carbocycles. The fourth-order valence-electron chi connectivity index (χ4n) is 2.21. The maximum Gasteiger partial charge on any atom is 0.287 e. The molecule has 1 heterocycles. The standard InChI is InChI=1S/C18H16N4O3/c1-25-14-9-5-8-13(10-14)17(23)21-22-18(24)16-11-15(19-20-16)12-6-3-2-4-7-12/h2-11H,1H3,(H,19,20)(H,21,23)(H,22,24). The van der Waals surface area contributed by atoms with Gasteiger partial charge in [-0.3, -0.25) is 25.5 Å². The van der Waals surface area contributed by atoms with Gasteiger partial charge in [0.05, 0.1) is 12.8 Å². The van der Waals surface area contributed by atoms with E-state index in [0.29, 0.717) is 17.0 Å². The maximum absolute atomic E-state index is 12.1. The first-order valence-corrected chi connectivity index (χ1v) is 7.53. The Morgan fingerprint density at radius 3 is 2.48 bits per heavy atom. The summed E-state index contributed by atoms with van der Waals surface area (Å²) in [6.07, 6.45) is 0. The third-order valence-corrected chi connectivity index (χ3v) is 3.51. The van der Waals surface area contributed by atoms with Gasteiger partial charge in [0.25, 0.3) is 11.8 Å². The summed E-state index contributed by atoms with van der Waals surface area (Å²) in [4.78, 5) is 24.2. The highest BCUT2D eigenvalue weighted by molar-refractivity contribution is 5.98. The number of hydrogen-bond acceptors (Lipinski definition) is 4. The van der Waals surface area contributed by atoms with Crippen LogP contribution in [0, 0.1) is 0 Å². The number of aromatic nitrogens is 2. The average Bonchev–Trinajstić information content (AvgIpc) is 3.17. The summed E-state index contributed by atoms with van der Waals surface area (Å²) in [6, 6.07) is 17.7. The van der Waals surface area contributed by atoms with Crippen molar-refractivity contribution in [2.75, 3.05) is 7.11 Å². The third kappa shape index (κ3) is 3.84. The summed E-state index contributed by atoms with van der Waals surface area (Å²) < 4.78 is 5.06. The average molecular weight is 336 g/mol. The molecular formula is C18H16N4O3. The Balaban J connectivity index is 1.63. The van der Waals surface area contributed by atoms with Crippen molar-refractivity contribution in [2.24, 2.45) is 0 Å². The van der Waals surface area contributed by atoms with Gasteiger partial charge >= 0.3 is 0 Å². The SMILES string of the molecule is COc1cccc(C(=O)NNC(=O)c2cc(-c3ccccc3)n[nH]2)c1. The zero-order valence-corrected chi connectivity index (χ0v) is 13.4. The Labute approximate surface area is 144 Å². The number of carbonyl (C=O) groups is 2. The molecule has 0 saturated heterocycles. The molecule has 1 aromatic heterocycles. The lowest BCUT2D eigenvalue weighted by molar-refractivity contribution is 0.0844. The summed E-state index contributed by atoms with van der Waals surface area (Å²) in [6.45, 7) is 0. The van der Waals surface area contributed by atoms with E-state index in [1.807, 2.05) is 30.3 Å². The van der Waals surface area contributed by atoms with Gasteiger partial charge in [-0.25, -0.2) is 0 Å². The van der Waals surface area contributed by atoms with Crippen molar-refractivity contribution >= 4 is 11.8 Å². The highest BCUT2D eigenvalue weighted by atomic mass is 16.5. The number of ether oxygens (including phenoxy) is 1. The van der Waals surface area contributed by atoms with Crippen LogP contribution in [0.3, 0.4) is 0 Å². The predicted molar refractivity (Wildman–Crippen MR) is 92.0 cm³/mol. The van der Waals surface area contributed by atoms with E-state index in [0.717, 1.165) is 5.56 Å². The molecule has 0 atom stereocenters. The molecule has 0 aliphatic carbocycles. The molecule has 0 unspecified atom stereocenters. The molecule has 0 radical (unpaired) electrons. The molecule has 0 aliphatic rings. The Kier molecular flexibility index (Phi) is 4.75. The zero-order chi connectivity index (χ0) is 17.6. The van der Waals surface area contributed by atoms with Crippen molar-refractivity contribution in [3.8, 4) is 17.0 Å². The van der Waals surface area contributed by atoms with E-state index in [-0.39, 0.29) is 5.69 Å². The van der Waals surface area contributed by atoms with E-state index in [1.54, 1.807) is 30.3 Å². The number of amides is 2. The van der Waals surface area contributed by atoms with Crippen molar-refractivity contribution in [1.29, 1.82) is 0 Å². The predicted octanol–water partition coefficient (Wildman–Crippen LogP) is 2.16. The van der Waals surface area contributed by atoms with E-state index >= 15 is 0 Å². The van der Waals surface area contributed by atoms with Crippen LogP contribution in [0.5, 0.6) is 5.75 Å². The molecule has 25 heavy (non-hydrogen) atoms. The van der Waals surface area contributed by atoms with E-state index in [4.69, 9.17) is 4.74 Å². The lowest BCUT2D eigenvalue weighted by Gasteiger charge is -2.07. The minimum Gasteiger partial charge on any atom is -0.497 e. The Bertz CT molecular complexity index is 890. The fraction of sp³-hybridized carbons (Fsp3) is 0.0556. The molecule has 126 valence electrons. The van der Waals surface area contributed by atoms with Crippen LogP contribution in [0.2, 0.25) is 0 Å². The number of benzene rings is 2. The normalized spacial score (nSPS) is 10.1. The van der Waals surface area contributed by atoms with Crippen LogP contribution >= 0.6 is 0 Å². The van der Waals surface area contributed by atoms with Gasteiger partial charge in [-0.1, -0.05) is 36.4 Å². The number of nitrogens with one attached hydrogen (secondary N) is 3. The van der Waals surface area contributed by atoms with E-state index in [1.165, 1.54) is 7.11 Å². The summed E-state index contributed by atoms with van der Waals surface area (Å²) in [5.74, 6) is -0.388. The molecular weight excluding hydrogens is 320 g/mol. The van der Waals surface area contributed by atoms with Gasteiger partial charge in [0.1, 0.15) is 11.4 Å². The van der Waals surface area contributed by atoms with Crippen LogP contribution < -0.4 is 15.6 Å². The van der Waals surface area contributed by atoms with Crippen LogP contribution in [0.25, 0.3) is 11.3 Å². The van der Waals surface area contributed by atoms with Crippen LogP contribution in [0.1, 0.15) is 20.8 Å². The Hall–Kier alpha value is -3.61. The van der Waals surface area contributed by atoms with Crippen molar-refractivity contribution in [3.63, 3.8) is 0 Å². The molecule has 7 heteroatoms. The summed E-state index contributed by atoms with van der Waals surface area (Å²) in [5, 5.41) is 6.75. The van der Waals surface area contributed by atoms with Gasteiger partial charge in [-0.15, -0.1) is 0 Å². The van der Waals surface area contributed by atoms with Crippen LogP contribution in [-0.2, 0) is 0 Å². The fourth-order valence-corrected chi connectivity index (χ4v) is 2.21. The maximum atomic E-state index is 12.1. The highest BCUT2D eigenvalue weighted by Gasteiger charge is 2.13. The quantitative estimate of drug-likeness (QED) is 0.636. The molecule has 0 bridgehead atoms. The molecule has 0 aliphatic heterocycles. The smallest absolute Gasteiger partial charge is 0.287 e. The van der Waals surface area contributed by atoms with Crippen molar-refractivity contribution in [3.05, 3.63) is 71.9 Å². The second kappa shape index (κ2) is 7.31. The Morgan fingerprint density at radius 1 is 0.960 bits per heavy atom. The van der Waals surface area contributed by atoms with Gasteiger partial charge in [0, 0.05) is 11.1 Å². The number of nitrogens with zero attached hydrogens (tertiary/aromatic N) is 1. The summed E-state index contributed by atoms with van der Waals surface area (Å²) >= 11 is 0. The topological polar surface area (TPSA) is 96.1 Å². The molecule has 7 nitrogen and oxygen atoms in total. The zero-order valence-electron chi connectivity index (χ0n) is 13.4. The first-order valence-electron chi connectivity index (χ1n) is 7.53. The molecule has 3 rings (SSSR count). The van der Waals surface area contributed by atoms with Crippen LogP contribution in [-0.4, -0.2) is 29.1 Å². The number of carbonyl (C=O) groups excluding carboxylic acids is 2. The van der Waals surface area contributed by atoms with Crippen molar-refractivity contribution in [2.45, 2.75) is 0 Å². The van der Waals surface area contributed by atoms with Gasteiger partial charge in [0.15, 0.2) is 0 Å². The summed E-state index contributed by atoms with van der Waals surface area (Å²) in [7, 11) is 1.52. The van der Waals surface area contributed by atoms with Crippen LogP contribution in [0.4, 0.5) is 0 Å².